The highest BCUT2D eigenvalue weighted by Crippen LogP contribution is 2.22. The second-order valence-electron chi connectivity index (χ2n) is 4.92. The molecule has 0 aliphatic carbocycles. The second kappa shape index (κ2) is 9.23. The van der Waals surface area contributed by atoms with Gasteiger partial charge in [0.15, 0.2) is 0 Å². The first-order chi connectivity index (χ1) is 9.99. The molecule has 0 saturated carbocycles. The molecule has 2 amide bonds. The van der Waals surface area contributed by atoms with Gasteiger partial charge < -0.3 is 15.7 Å². The topological polar surface area (TPSA) is 78.4 Å². The monoisotopic (exact) mass is 312 g/mol. The van der Waals surface area contributed by atoms with Crippen LogP contribution >= 0.6 is 11.6 Å². The summed E-state index contributed by atoms with van der Waals surface area (Å²) >= 11 is 6.03. The van der Waals surface area contributed by atoms with Crippen LogP contribution in [0.1, 0.15) is 37.7 Å². The maximum absolute atomic E-state index is 11.7. The molecule has 0 radical (unpaired) electrons. The Labute approximate surface area is 129 Å². The number of unbranched alkanes of at least 4 members (excludes halogenated alkanes) is 3. The Morgan fingerprint density at radius 1 is 1.19 bits per heavy atom. The maximum atomic E-state index is 11.7. The van der Waals surface area contributed by atoms with Crippen LogP contribution in [0.5, 0.6) is 0 Å². The summed E-state index contributed by atoms with van der Waals surface area (Å²) in [6.45, 7) is 2.49. The van der Waals surface area contributed by atoms with E-state index in [0.29, 0.717) is 23.7 Å². The molecule has 1 aromatic rings. The number of carboxylic acid groups (broad SMARTS) is 1. The van der Waals surface area contributed by atoms with Gasteiger partial charge in [-0.1, -0.05) is 30.5 Å². The molecule has 1 aromatic carbocycles. The van der Waals surface area contributed by atoms with Crippen molar-refractivity contribution in [2.75, 3.05) is 11.9 Å². The van der Waals surface area contributed by atoms with E-state index in [9.17, 15) is 9.59 Å². The third kappa shape index (κ3) is 7.56. The summed E-state index contributed by atoms with van der Waals surface area (Å²) in [5.74, 6) is -0.762. The van der Waals surface area contributed by atoms with Gasteiger partial charge in [-0.3, -0.25) is 4.79 Å². The molecule has 0 saturated heterocycles. The van der Waals surface area contributed by atoms with Crippen molar-refractivity contribution in [2.45, 2.75) is 39.0 Å². The van der Waals surface area contributed by atoms with E-state index < -0.39 is 5.97 Å². The highest BCUT2D eigenvalue weighted by molar-refractivity contribution is 6.33. The Hall–Kier alpha value is -1.75. The van der Waals surface area contributed by atoms with Crippen molar-refractivity contribution in [3.05, 3.63) is 28.8 Å². The summed E-state index contributed by atoms with van der Waals surface area (Å²) in [5, 5.41) is 14.4. The molecule has 21 heavy (non-hydrogen) atoms. The van der Waals surface area contributed by atoms with Crippen molar-refractivity contribution in [1.29, 1.82) is 0 Å². The molecular formula is C15H21ClN2O3. The van der Waals surface area contributed by atoms with E-state index in [1.54, 1.807) is 12.1 Å². The molecule has 0 atom stereocenters. The first kappa shape index (κ1) is 17.3. The van der Waals surface area contributed by atoms with Crippen LogP contribution in [-0.2, 0) is 4.79 Å². The van der Waals surface area contributed by atoms with Crippen LogP contribution in [0.3, 0.4) is 0 Å². The SMILES string of the molecule is Cc1ccc(NC(=O)NCCCCCCC(=O)O)c(Cl)c1. The van der Waals surface area contributed by atoms with Gasteiger partial charge in [-0.15, -0.1) is 0 Å². The number of aryl methyl sites for hydroxylation is 1. The lowest BCUT2D eigenvalue weighted by molar-refractivity contribution is -0.137. The van der Waals surface area contributed by atoms with Crippen molar-refractivity contribution < 1.29 is 14.7 Å². The minimum absolute atomic E-state index is 0.208. The number of nitrogens with one attached hydrogen (secondary N) is 2. The molecule has 0 spiro atoms. The summed E-state index contributed by atoms with van der Waals surface area (Å²) in [4.78, 5) is 22.0. The lowest BCUT2D eigenvalue weighted by Gasteiger charge is -2.09. The molecule has 0 fully saturated rings. The Morgan fingerprint density at radius 3 is 2.57 bits per heavy atom. The first-order valence-corrected chi connectivity index (χ1v) is 7.39. The number of hydrogen-bond donors (Lipinski definition) is 3. The Balaban J connectivity index is 2.15. The number of amides is 2. The van der Waals surface area contributed by atoms with Gasteiger partial charge in [0, 0.05) is 13.0 Å². The van der Waals surface area contributed by atoms with Crippen molar-refractivity contribution in [3.8, 4) is 0 Å². The largest absolute Gasteiger partial charge is 0.481 e. The average Bonchev–Trinajstić information content (AvgIpc) is 2.40. The zero-order chi connectivity index (χ0) is 15.7. The molecule has 0 unspecified atom stereocenters. The Kier molecular flexibility index (Phi) is 7.61. The first-order valence-electron chi connectivity index (χ1n) is 7.02. The van der Waals surface area contributed by atoms with Gasteiger partial charge in [-0.05, 0) is 37.5 Å². The Morgan fingerprint density at radius 2 is 1.90 bits per heavy atom. The number of benzene rings is 1. The van der Waals surface area contributed by atoms with E-state index in [-0.39, 0.29) is 12.5 Å². The minimum atomic E-state index is -0.762. The zero-order valence-electron chi connectivity index (χ0n) is 12.1. The van der Waals surface area contributed by atoms with E-state index in [1.807, 2.05) is 13.0 Å². The highest BCUT2D eigenvalue weighted by atomic mass is 35.5. The lowest BCUT2D eigenvalue weighted by Crippen LogP contribution is -2.29. The molecule has 3 N–H and O–H groups in total. The van der Waals surface area contributed by atoms with Crippen LogP contribution in [0.2, 0.25) is 5.02 Å². The molecule has 1 rings (SSSR count). The van der Waals surface area contributed by atoms with Gasteiger partial charge in [0.2, 0.25) is 0 Å². The molecule has 5 nitrogen and oxygen atoms in total. The number of carboxylic acids is 1. The van der Waals surface area contributed by atoms with Crippen LogP contribution in [0.4, 0.5) is 10.5 Å². The smallest absolute Gasteiger partial charge is 0.319 e. The van der Waals surface area contributed by atoms with E-state index in [4.69, 9.17) is 16.7 Å². The van der Waals surface area contributed by atoms with Crippen molar-refractivity contribution in [2.24, 2.45) is 0 Å². The van der Waals surface area contributed by atoms with E-state index in [2.05, 4.69) is 10.6 Å². The number of carbonyl (C=O) groups is 2. The number of aliphatic carboxylic acids is 1. The summed E-state index contributed by atoms with van der Waals surface area (Å²) in [6, 6.07) is 5.15. The van der Waals surface area contributed by atoms with Gasteiger partial charge in [-0.2, -0.15) is 0 Å². The van der Waals surface area contributed by atoms with E-state index in [1.165, 1.54) is 0 Å². The number of carbonyl (C=O) groups excluding carboxylic acids is 1. The summed E-state index contributed by atoms with van der Waals surface area (Å²) in [6.07, 6.45) is 3.48. The third-order valence-electron chi connectivity index (χ3n) is 2.98. The third-order valence-corrected chi connectivity index (χ3v) is 3.29. The summed E-state index contributed by atoms with van der Waals surface area (Å²) in [7, 11) is 0. The molecule has 116 valence electrons. The number of urea groups is 1. The molecule has 0 aromatic heterocycles. The molecule has 0 bridgehead atoms. The quantitative estimate of drug-likeness (QED) is 0.639. The van der Waals surface area contributed by atoms with Crippen molar-refractivity contribution in [3.63, 3.8) is 0 Å². The van der Waals surface area contributed by atoms with Crippen LogP contribution < -0.4 is 10.6 Å². The van der Waals surface area contributed by atoms with Crippen LogP contribution in [0, 0.1) is 6.92 Å². The maximum Gasteiger partial charge on any atom is 0.319 e. The van der Waals surface area contributed by atoms with E-state index in [0.717, 1.165) is 24.8 Å². The molecule has 0 aliphatic heterocycles. The molecular weight excluding hydrogens is 292 g/mol. The number of hydrogen-bond acceptors (Lipinski definition) is 2. The van der Waals surface area contributed by atoms with Crippen molar-refractivity contribution >= 4 is 29.3 Å². The predicted molar refractivity (Wildman–Crippen MR) is 83.9 cm³/mol. The Bertz CT molecular complexity index is 492. The second-order valence-corrected chi connectivity index (χ2v) is 5.33. The molecule has 0 heterocycles. The van der Waals surface area contributed by atoms with Gasteiger partial charge in [0.1, 0.15) is 0 Å². The zero-order valence-corrected chi connectivity index (χ0v) is 12.9. The standard InChI is InChI=1S/C15H21ClN2O3/c1-11-7-8-13(12(16)10-11)18-15(21)17-9-5-3-2-4-6-14(19)20/h7-8,10H,2-6,9H2,1H3,(H,19,20)(H2,17,18,21). The summed E-state index contributed by atoms with van der Waals surface area (Å²) in [5.41, 5.74) is 1.62. The van der Waals surface area contributed by atoms with E-state index >= 15 is 0 Å². The van der Waals surface area contributed by atoms with Gasteiger partial charge in [0.25, 0.3) is 0 Å². The van der Waals surface area contributed by atoms with Crippen molar-refractivity contribution in [1.82, 2.24) is 5.32 Å². The normalized spacial score (nSPS) is 10.2. The fraction of sp³-hybridized carbons (Fsp3) is 0.467. The summed E-state index contributed by atoms with van der Waals surface area (Å²) < 4.78 is 0. The van der Waals surface area contributed by atoms with Gasteiger partial charge in [0.05, 0.1) is 10.7 Å². The number of halogens is 1. The number of anilines is 1. The number of rotatable bonds is 8. The minimum Gasteiger partial charge on any atom is -0.481 e. The van der Waals surface area contributed by atoms with Crippen LogP contribution in [0.25, 0.3) is 0 Å². The lowest BCUT2D eigenvalue weighted by atomic mass is 10.1. The average molecular weight is 313 g/mol. The highest BCUT2D eigenvalue weighted by Gasteiger charge is 2.05. The van der Waals surface area contributed by atoms with Gasteiger partial charge in [-0.25, -0.2) is 4.79 Å². The van der Waals surface area contributed by atoms with Gasteiger partial charge >= 0.3 is 12.0 Å². The van der Waals surface area contributed by atoms with Crippen LogP contribution in [-0.4, -0.2) is 23.7 Å². The fourth-order valence-electron chi connectivity index (χ4n) is 1.84. The predicted octanol–water partition coefficient (Wildman–Crippen LogP) is 3.81. The molecule has 6 heteroatoms. The molecule has 0 aliphatic rings. The van der Waals surface area contributed by atoms with Crippen LogP contribution in [0.15, 0.2) is 18.2 Å². The fourth-order valence-corrected chi connectivity index (χ4v) is 2.13.